The second kappa shape index (κ2) is 7.25. The average molecular weight is 300 g/mol. The SMILES string of the molecule is CC(C)C(C)NC(=O)/C=C/c1ccc(C(=O)NC2CC2)cc1. The van der Waals surface area contributed by atoms with Gasteiger partial charge in [-0.15, -0.1) is 0 Å². The fraction of sp³-hybridized carbons (Fsp3) is 0.444. The molecule has 2 rings (SSSR count). The molecule has 4 heteroatoms. The third-order valence-electron chi connectivity index (χ3n) is 3.88. The van der Waals surface area contributed by atoms with Gasteiger partial charge in [0, 0.05) is 23.7 Å². The van der Waals surface area contributed by atoms with Crippen molar-refractivity contribution in [2.45, 2.75) is 45.7 Å². The Morgan fingerprint density at radius 2 is 1.77 bits per heavy atom. The van der Waals surface area contributed by atoms with Crippen LogP contribution >= 0.6 is 0 Å². The summed E-state index contributed by atoms with van der Waals surface area (Å²) in [5, 5.41) is 5.87. The minimum Gasteiger partial charge on any atom is -0.350 e. The number of hydrogen-bond acceptors (Lipinski definition) is 2. The third kappa shape index (κ3) is 5.02. The first kappa shape index (κ1) is 16.3. The molecule has 1 aliphatic carbocycles. The van der Waals surface area contributed by atoms with Gasteiger partial charge in [-0.2, -0.15) is 0 Å². The lowest BCUT2D eigenvalue weighted by Crippen LogP contribution is -2.34. The van der Waals surface area contributed by atoms with E-state index in [1.807, 2.05) is 19.1 Å². The first-order valence-electron chi connectivity index (χ1n) is 7.85. The quantitative estimate of drug-likeness (QED) is 0.794. The molecule has 1 aromatic carbocycles. The Balaban J connectivity index is 1.88. The molecule has 1 aromatic rings. The van der Waals surface area contributed by atoms with Crippen LogP contribution in [0, 0.1) is 5.92 Å². The Kier molecular flexibility index (Phi) is 5.36. The lowest BCUT2D eigenvalue weighted by Gasteiger charge is -2.15. The van der Waals surface area contributed by atoms with Crippen molar-refractivity contribution in [1.29, 1.82) is 0 Å². The van der Waals surface area contributed by atoms with Crippen molar-refractivity contribution in [1.82, 2.24) is 10.6 Å². The van der Waals surface area contributed by atoms with E-state index < -0.39 is 0 Å². The van der Waals surface area contributed by atoms with Gasteiger partial charge in [0.15, 0.2) is 0 Å². The van der Waals surface area contributed by atoms with Gasteiger partial charge in [-0.3, -0.25) is 9.59 Å². The molecule has 0 heterocycles. The molecule has 2 N–H and O–H groups in total. The fourth-order valence-corrected chi connectivity index (χ4v) is 1.85. The molecule has 4 nitrogen and oxygen atoms in total. The van der Waals surface area contributed by atoms with E-state index in [-0.39, 0.29) is 17.9 Å². The van der Waals surface area contributed by atoms with Gasteiger partial charge in [-0.1, -0.05) is 26.0 Å². The summed E-state index contributed by atoms with van der Waals surface area (Å²) in [5.74, 6) is 0.278. The summed E-state index contributed by atoms with van der Waals surface area (Å²) in [7, 11) is 0. The molecule has 0 radical (unpaired) electrons. The topological polar surface area (TPSA) is 58.2 Å². The molecule has 0 bridgehead atoms. The summed E-state index contributed by atoms with van der Waals surface area (Å²) in [6, 6.07) is 7.76. The van der Waals surface area contributed by atoms with Crippen molar-refractivity contribution in [3.63, 3.8) is 0 Å². The van der Waals surface area contributed by atoms with Crippen LogP contribution in [0.15, 0.2) is 30.3 Å². The van der Waals surface area contributed by atoms with Gasteiger partial charge in [0.25, 0.3) is 5.91 Å². The fourth-order valence-electron chi connectivity index (χ4n) is 1.85. The van der Waals surface area contributed by atoms with Crippen LogP contribution in [0.1, 0.15) is 49.5 Å². The lowest BCUT2D eigenvalue weighted by molar-refractivity contribution is -0.117. The van der Waals surface area contributed by atoms with Gasteiger partial charge in [-0.25, -0.2) is 0 Å². The molecule has 0 saturated heterocycles. The van der Waals surface area contributed by atoms with E-state index in [2.05, 4.69) is 24.5 Å². The summed E-state index contributed by atoms with van der Waals surface area (Å²) in [5.41, 5.74) is 1.55. The first-order chi connectivity index (χ1) is 10.5. The summed E-state index contributed by atoms with van der Waals surface area (Å²) in [6.07, 6.45) is 5.44. The number of nitrogens with one attached hydrogen (secondary N) is 2. The van der Waals surface area contributed by atoms with E-state index in [1.54, 1.807) is 18.2 Å². The van der Waals surface area contributed by atoms with Gasteiger partial charge in [0.05, 0.1) is 0 Å². The van der Waals surface area contributed by atoms with Crippen LogP contribution in [0.5, 0.6) is 0 Å². The highest BCUT2D eigenvalue weighted by Gasteiger charge is 2.23. The molecular weight excluding hydrogens is 276 g/mol. The second-order valence-electron chi connectivity index (χ2n) is 6.24. The molecule has 0 aromatic heterocycles. The molecule has 1 unspecified atom stereocenters. The van der Waals surface area contributed by atoms with Crippen LogP contribution in [0.3, 0.4) is 0 Å². The van der Waals surface area contributed by atoms with Gasteiger partial charge >= 0.3 is 0 Å². The van der Waals surface area contributed by atoms with Crippen LogP contribution in [0.25, 0.3) is 6.08 Å². The molecule has 2 amide bonds. The lowest BCUT2D eigenvalue weighted by atomic mass is 10.1. The van der Waals surface area contributed by atoms with E-state index in [0.717, 1.165) is 18.4 Å². The van der Waals surface area contributed by atoms with Gasteiger partial charge in [-0.05, 0) is 49.5 Å². The molecular formula is C18H24N2O2. The van der Waals surface area contributed by atoms with Crippen molar-refractivity contribution in [2.24, 2.45) is 5.92 Å². The predicted octanol–water partition coefficient (Wildman–Crippen LogP) is 2.75. The van der Waals surface area contributed by atoms with Gasteiger partial charge in [0.2, 0.25) is 5.91 Å². The maximum absolute atomic E-state index is 11.9. The van der Waals surface area contributed by atoms with Crippen LogP contribution < -0.4 is 10.6 Å². The summed E-state index contributed by atoms with van der Waals surface area (Å²) in [4.78, 5) is 23.6. The van der Waals surface area contributed by atoms with Crippen molar-refractivity contribution >= 4 is 17.9 Å². The zero-order valence-corrected chi connectivity index (χ0v) is 13.4. The minimum atomic E-state index is -0.100. The number of rotatable bonds is 6. The van der Waals surface area contributed by atoms with Crippen LogP contribution in [-0.2, 0) is 4.79 Å². The molecule has 118 valence electrons. The van der Waals surface area contributed by atoms with Crippen molar-refractivity contribution in [2.75, 3.05) is 0 Å². The highest BCUT2D eigenvalue weighted by Crippen LogP contribution is 2.19. The molecule has 1 fully saturated rings. The molecule has 0 spiro atoms. The highest BCUT2D eigenvalue weighted by molar-refractivity contribution is 5.95. The number of carbonyl (C=O) groups is 2. The number of carbonyl (C=O) groups excluding carboxylic acids is 2. The summed E-state index contributed by atoms with van der Waals surface area (Å²) in [6.45, 7) is 6.13. The van der Waals surface area contributed by atoms with E-state index in [0.29, 0.717) is 17.5 Å². The predicted molar refractivity (Wildman–Crippen MR) is 88.4 cm³/mol. The zero-order valence-electron chi connectivity index (χ0n) is 13.4. The Bertz CT molecular complexity index is 557. The van der Waals surface area contributed by atoms with E-state index >= 15 is 0 Å². The third-order valence-corrected chi connectivity index (χ3v) is 3.88. The van der Waals surface area contributed by atoms with Crippen LogP contribution in [0.2, 0.25) is 0 Å². The molecule has 1 aliphatic rings. The Labute approximate surface area is 132 Å². The average Bonchev–Trinajstić information content (AvgIpc) is 3.29. The molecule has 1 atom stereocenters. The van der Waals surface area contributed by atoms with Gasteiger partial charge in [0.1, 0.15) is 0 Å². The first-order valence-corrected chi connectivity index (χ1v) is 7.85. The van der Waals surface area contributed by atoms with Crippen molar-refractivity contribution in [3.05, 3.63) is 41.5 Å². The van der Waals surface area contributed by atoms with Crippen LogP contribution in [0.4, 0.5) is 0 Å². The van der Waals surface area contributed by atoms with E-state index in [9.17, 15) is 9.59 Å². The maximum Gasteiger partial charge on any atom is 0.251 e. The summed E-state index contributed by atoms with van der Waals surface area (Å²) >= 11 is 0. The second-order valence-corrected chi connectivity index (χ2v) is 6.24. The number of benzene rings is 1. The van der Waals surface area contributed by atoms with Crippen LogP contribution in [-0.4, -0.2) is 23.9 Å². The van der Waals surface area contributed by atoms with E-state index in [4.69, 9.17) is 0 Å². The van der Waals surface area contributed by atoms with E-state index in [1.165, 1.54) is 6.08 Å². The number of hydrogen-bond donors (Lipinski definition) is 2. The molecule has 1 saturated carbocycles. The Hall–Kier alpha value is -2.10. The Morgan fingerprint density at radius 3 is 2.32 bits per heavy atom. The standard InChI is InChI=1S/C18H24N2O2/c1-12(2)13(3)19-17(21)11-6-14-4-7-15(8-5-14)18(22)20-16-9-10-16/h4-8,11-13,16H,9-10H2,1-3H3,(H,19,21)(H,20,22)/b11-6+. The Morgan fingerprint density at radius 1 is 1.14 bits per heavy atom. The largest absolute Gasteiger partial charge is 0.350 e. The zero-order chi connectivity index (χ0) is 16.1. The smallest absolute Gasteiger partial charge is 0.251 e. The highest BCUT2D eigenvalue weighted by atomic mass is 16.2. The molecule has 22 heavy (non-hydrogen) atoms. The maximum atomic E-state index is 11.9. The number of amides is 2. The minimum absolute atomic E-state index is 0.0264. The molecule has 0 aliphatic heterocycles. The van der Waals surface area contributed by atoms with Crippen molar-refractivity contribution in [3.8, 4) is 0 Å². The van der Waals surface area contributed by atoms with Crippen molar-refractivity contribution < 1.29 is 9.59 Å². The monoisotopic (exact) mass is 300 g/mol. The van der Waals surface area contributed by atoms with Gasteiger partial charge < -0.3 is 10.6 Å². The normalized spacial score (nSPS) is 15.8. The summed E-state index contributed by atoms with van der Waals surface area (Å²) < 4.78 is 0.